The van der Waals surface area contributed by atoms with Gasteiger partial charge in [0.1, 0.15) is 0 Å². The molecule has 0 nitrogen and oxygen atoms in total. The smallest absolute Gasteiger partial charge is 0.00428 e. The quantitative estimate of drug-likeness (QED) is 0.535. The Bertz CT molecular complexity index is 368. The highest BCUT2D eigenvalue weighted by molar-refractivity contribution is 5.56. The molecule has 0 bridgehead atoms. The first-order valence-electron chi connectivity index (χ1n) is 6.00. The summed E-state index contributed by atoms with van der Waals surface area (Å²) in [5.41, 5.74) is 7.45. The zero-order valence-corrected chi connectivity index (χ0v) is 11.5. The highest BCUT2D eigenvalue weighted by atomic mass is 14.8. The molecule has 15 heavy (non-hydrogen) atoms. The van der Waals surface area contributed by atoms with Crippen LogP contribution in [0.1, 0.15) is 55.4 Å². The fourth-order valence-electron chi connectivity index (χ4n) is 4.34. The van der Waals surface area contributed by atoms with Crippen LogP contribution in [0.4, 0.5) is 0 Å². The van der Waals surface area contributed by atoms with Crippen molar-refractivity contribution < 1.29 is 0 Å². The second kappa shape index (κ2) is 2.42. The van der Waals surface area contributed by atoms with E-state index >= 15 is 0 Å². The van der Waals surface area contributed by atoms with Gasteiger partial charge in [0.15, 0.2) is 0 Å². The van der Waals surface area contributed by atoms with Crippen molar-refractivity contribution in [3.05, 3.63) is 22.3 Å². The van der Waals surface area contributed by atoms with Gasteiger partial charge >= 0.3 is 0 Å². The first kappa shape index (κ1) is 11.0. The maximum atomic E-state index is 2.45. The molecule has 0 heterocycles. The number of allylic oxidation sites excluding steroid dienone is 4. The van der Waals surface area contributed by atoms with Crippen LogP contribution in [-0.2, 0) is 0 Å². The van der Waals surface area contributed by atoms with Crippen molar-refractivity contribution in [2.24, 2.45) is 16.2 Å². The second-order valence-electron chi connectivity index (χ2n) is 6.38. The maximum absolute atomic E-state index is 2.45. The summed E-state index contributed by atoms with van der Waals surface area (Å²) in [4.78, 5) is 0. The lowest BCUT2D eigenvalue weighted by molar-refractivity contribution is 0.474. The Balaban J connectivity index is 2.75. The highest BCUT2D eigenvalue weighted by Crippen LogP contribution is 2.85. The molecule has 2 aliphatic carbocycles. The minimum atomic E-state index is 0.383. The Labute approximate surface area is 94.5 Å². The van der Waals surface area contributed by atoms with Crippen LogP contribution in [0.15, 0.2) is 22.3 Å². The van der Waals surface area contributed by atoms with Crippen molar-refractivity contribution in [3.63, 3.8) is 0 Å². The van der Waals surface area contributed by atoms with Crippen molar-refractivity contribution in [2.75, 3.05) is 0 Å². The monoisotopic (exact) mass is 204 g/mol. The molecule has 2 atom stereocenters. The van der Waals surface area contributed by atoms with E-state index < -0.39 is 0 Å². The zero-order valence-electron chi connectivity index (χ0n) is 11.5. The first-order chi connectivity index (χ1) is 6.64. The van der Waals surface area contributed by atoms with Gasteiger partial charge in [0.25, 0.3) is 0 Å². The van der Waals surface area contributed by atoms with E-state index in [9.17, 15) is 0 Å². The number of hydrogen-bond acceptors (Lipinski definition) is 0. The van der Waals surface area contributed by atoms with Gasteiger partial charge in [0.2, 0.25) is 0 Å². The minimum absolute atomic E-state index is 0.383. The molecule has 0 heteroatoms. The van der Waals surface area contributed by atoms with Crippen molar-refractivity contribution in [2.45, 2.75) is 55.4 Å². The third-order valence-electron chi connectivity index (χ3n) is 6.62. The molecule has 1 fully saturated rings. The Morgan fingerprint density at radius 1 is 0.600 bits per heavy atom. The Hall–Kier alpha value is -0.520. The highest BCUT2D eigenvalue weighted by Gasteiger charge is 2.79. The summed E-state index contributed by atoms with van der Waals surface area (Å²) in [7, 11) is 0. The molecule has 0 aliphatic heterocycles. The average Bonchev–Trinajstić information content (AvgIpc) is 2.54. The molecule has 0 N–H and O–H groups in total. The van der Waals surface area contributed by atoms with Gasteiger partial charge in [-0.15, -0.1) is 0 Å². The van der Waals surface area contributed by atoms with E-state index in [4.69, 9.17) is 0 Å². The van der Waals surface area contributed by atoms with Gasteiger partial charge in [-0.05, 0) is 44.3 Å². The summed E-state index contributed by atoms with van der Waals surface area (Å²) < 4.78 is 0. The summed E-state index contributed by atoms with van der Waals surface area (Å²) in [5.74, 6) is 0. The predicted octanol–water partition coefficient (Wildman–Crippen LogP) is 4.73. The second-order valence-corrected chi connectivity index (χ2v) is 6.38. The Morgan fingerprint density at radius 2 is 0.867 bits per heavy atom. The van der Waals surface area contributed by atoms with Gasteiger partial charge in [0.05, 0.1) is 0 Å². The predicted molar refractivity (Wildman–Crippen MR) is 66.7 cm³/mol. The van der Waals surface area contributed by atoms with Gasteiger partial charge in [0, 0.05) is 10.8 Å². The van der Waals surface area contributed by atoms with E-state index in [0.29, 0.717) is 16.2 Å². The lowest BCUT2D eigenvalue weighted by Crippen LogP contribution is -2.17. The lowest BCUT2D eigenvalue weighted by Gasteiger charge is -2.30. The van der Waals surface area contributed by atoms with Gasteiger partial charge in [-0.1, -0.05) is 38.8 Å². The standard InChI is InChI=1S/C15H24/c1-9-10(2)12(4)15(8)13(5,6)14(15,7)11(9)3/h1-8H3. The van der Waals surface area contributed by atoms with Gasteiger partial charge in [-0.2, -0.15) is 0 Å². The molecule has 84 valence electrons. The van der Waals surface area contributed by atoms with Crippen LogP contribution in [-0.4, -0.2) is 0 Å². The summed E-state index contributed by atoms with van der Waals surface area (Å²) in [6.07, 6.45) is 0. The number of fused-ring (bicyclic) bond motifs is 1. The van der Waals surface area contributed by atoms with Crippen LogP contribution in [0, 0.1) is 16.2 Å². The Morgan fingerprint density at radius 3 is 1.13 bits per heavy atom. The molecule has 1 saturated carbocycles. The summed E-state index contributed by atoms with van der Waals surface area (Å²) in [6.45, 7) is 19.0. The van der Waals surface area contributed by atoms with E-state index in [1.807, 2.05) is 0 Å². The molecule has 2 unspecified atom stereocenters. The third kappa shape index (κ3) is 0.756. The molecule has 0 aromatic carbocycles. The molecule has 2 rings (SSSR count). The molecular weight excluding hydrogens is 180 g/mol. The Kier molecular flexibility index (Phi) is 1.77. The van der Waals surface area contributed by atoms with Crippen molar-refractivity contribution in [1.82, 2.24) is 0 Å². The zero-order chi connectivity index (χ0) is 11.8. The van der Waals surface area contributed by atoms with E-state index in [1.165, 1.54) is 11.1 Å². The van der Waals surface area contributed by atoms with Crippen molar-refractivity contribution in [3.8, 4) is 0 Å². The molecule has 0 amide bonds. The molecule has 0 aromatic heterocycles. The first-order valence-corrected chi connectivity index (χ1v) is 6.00. The van der Waals surface area contributed by atoms with Gasteiger partial charge in [-0.3, -0.25) is 0 Å². The van der Waals surface area contributed by atoms with Gasteiger partial charge in [-0.25, -0.2) is 0 Å². The normalized spacial score (nSPS) is 43.2. The number of hydrogen-bond donors (Lipinski definition) is 0. The van der Waals surface area contributed by atoms with E-state index in [-0.39, 0.29) is 0 Å². The molecule has 0 aromatic rings. The van der Waals surface area contributed by atoms with Crippen LogP contribution in [0.5, 0.6) is 0 Å². The SMILES string of the molecule is CC1=C(C)C2(C)C(C)(C)C2(C)C(C)=C1C. The minimum Gasteiger partial charge on any atom is -0.0628 e. The lowest BCUT2D eigenvalue weighted by atomic mass is 9.75. The summed E-state index contributed by atoms with van der Waals surface area (Å²) >= 11 is 0. The van der Waals surface area contributed by atoms with Crippen LogP contribution in [0.3, 0.4) is 0 Å². The van der Waals surface area contributed by atoms with E-state index in [0.717, 1.165) is 0 Å². The van der Waals surface area contributed by atoms with Crippen LogP contribution in [0.2, 0.25) is 0 Å². The fraction of sp³-hybridized carbons (Fsp3) is 0.733. The average molecular weight is 204 g/mol. The maximum Gasteiger partial charge on any atom is 0.00428 e. The fourth-order valence-corrected chi connectivity index (χ4v) is 4.34. The van der Waals surface area contributed by atoms with E-state index in [1.54, 1.807) is 11.1 Å². The third-order valence-corrected chi connectivity index (χ3v) is 6.62. The topological polar surface area (TPSA) is 0 Å². The van der Waals surface area contributed by atoms with Crippen LogP contribution in [0.25, 0.3) is 0 Å². The molecule has 0 spiro atoms. The summed E-state index contributed by atoms with van der Waals surface area (Å²) in [6, 6.07) is 0. The molecule has 0 radical (unpaired) electrons. The molecule has 0 saturated heterocycles. The van der Waals surface area contributed by atoms with Crippen molar-refractivity contribution in [1.29, 1.82) is 0 Å². The number of rotatable bonds is 0. The van der Waals surface area contributed by atoms with Crippen LogP contribution >= 0.6 is 0 Å². The van der Waals surface area contributed by atoms with Crippen LogP contribution < -0.4 is 0 Å². The van der Waals surface area contributed by atoms with E-state index in [2.05, 4.69) is 55.4 Å². The van der Waals surface area contributed by atoms with Gasteiger partial charge < -0.3 is 0 Å². The van der Waals surface area contributed by atoms with Crippen molar-refractivity contribution >= 4 is 0 Å². The molecule has 2 aliphatic rings. The molecular formula is C15H24. The summed E-state index contributed by atoms with van der Waals surface area (Å²) in [5, 5.41) is 0. The largest absolute Gasteiger partial charge is 0.0628 e.